The molecular weight excluding hydrogens is 264 g/mol. The molecule has 0 aliphatic heterocycles. The van der Waals surface area contributed by atoms with Gasteiger partial charge in [-0.2, -0.15) is 5.10 Å². The molecule has 1 unspecified atom stereocenters. The van der Waals surface area contributed by atoms with E-state index in [1.807, 2.05) is 36.3 Å². The Hall–Kier alpha value is -2.18. The summed E-state index contributed by atoms with van der Waals surface area (Å²) < 4.78 is 4.01. The molecule has 1 aromatic carbocycles. The van der Waals surface area contributed by atoms with Crippen molar-refractivity contribution in [2.45, 2.75) is 25.9 Å². The van der Waals surface area contributed by atoms with Crippen molar-refractivity contribution < 1.29 is 0 Å². The average Bonchev–Trinajstić information content (AvgIpc) is 3.10. The summed E-state index contributed by atoms with van der Waals surface area (Å²) >= 11 is 0. The highest BCUT2D eigenvalue weighted by molar-refractivity contribution is 5.82. The van der Waals surface area contributed by atoms with Crippen LogP contribution in [0.5, 0.6) is 0 Å². The molecule has 6 heteroatoms. The summed E-state index contributed by atoms with van der Waals surface area (Å²) in [4.78, 5) is 4.42. The van der Waals surface area contributed by atoms with Crippen LogP contribution in [0.4, 0.5) is 0 Å². The topological polar surface area (TPSA) is 73.7 Å². The van der Waals surface area contributed by atoms with Gasteiger partial charge in [-0.25, -0.2) is 4.98 Å². The van der Waals surface area contributed by atoms with Crippen LogP contribution in [-0.2, 0) is 20.0 Å². The van der Waals surface area contributed by atoms with Gasteiger partial charge in [-0.1, -0.05) is 18.2 Å². The molecule has 1 atom stereocenters. The molecule has 0 radical (unpaired) electrons. The van der Waals surface area contributed by atoms with Crippen LogP contribution in [-0.4, -0.2) is 19.3 Å². The van der Waals surface area contributed by atoms with Gasteiger partial charge in [0.2, 0.25) is 0 Å². The minimum absolute atomic E-state index is 0.0659. The van der Waals surface area contributed by atoms with Gasteiger partial charge in [0.25, 0.3) is 0 Å². The van der Waals surface area contributed by atoms with Gasteiger partial charge in [0, 0.05) is 37.8 Å². The molecule has 3 aromatic rings. The largest absolute Gasteiger partial charge is 0.335 e. The Kier molecular flexibility index (Phi) is 3.72. The summed E-state index contributed by atoms with van der Waals surface area (Å²) in [5, 5.41) is 5.76. The van der Waals surface area contributed by atoms with Crippen molar-refractivity contribution in [1.82, 2.24) is 24.8 Å². The van der Waals surface area contributed by atoms with Crippen molar-refractivity contribution in [3.63, 3.8) is 0 Å². The zero-order chi connectivity index (χ0) is 14.8. The van der Waals surface area contributed by atoms with Crippen molar-refractivity contribution in [2.75, 3.05) is 0 Å². The number of imidazole rings is 1. The van der Waals surface area contributed by atoms with Crippen LogP contribution in [0.15, 0.2) is 36.7 Å². The Morgan fingerprint density at radius 2 is 2.14 bits per heavy atom. The fourth-order valence-electron chi connectivity index (χ4n) is 2.73. The summed E-state index contributed by atoms with van der Waals surface area (Å²) in [6, 6.07) is 8.11. The Morgan fingerprint density at radius 1 is 1.33 bits per heavy atom. The van der Waals surface area contributed by atoms with Crippen molar-refractivity contribution in [3.8, 4) is 0 Å². The number of benzene rings is 1. The van der Waals surface area contributed by atoms with Crippen molar-refractivity contribution >= 4 is 10.9 Å². The maximum Gasteiger partial charge on any atom is 0.110 e. The molecule has 21 heavy (non-hydrogen) atoms. The molecular formula is C15H20N6. The summed E-state index contributed by atoms with van der Waals surface area (Å²) in [6.07, 6.45) is 4.51. The van der Waals surface area contributed by atoms with Crippen LogP contribution in [0.25, 0.3) is 10.9 Å². The normalized spacial score (nSPS) is 12.9. The molecule has 0 fully saturated rings. The summed E-state index contributed by atoms with van der Waals surface area (Å²) in [6.45, 7) is 3.00. The molecule has 0 spiro atoms. The quantitative estimate of drug-likeness (QED) is 0.550. The number of para-hydroxylation sites is 1. The standard InChI is InChI=1S/C15H20N6/c1-3-21-9-8-17-14(21)10-12(18-16)15-11-6-4-5-7-13(11)20(2)19-15/h4-9,12,18H,3,10,16H2,1-2H3. The first-order chi connectivity index (χ1) is 10.2. The average molecular weight is 284 g/mol. The maximum absolute atomic E-state index is 5.78. The lowest BCUT2D eigenvalue weighted by Crippen LogP contribution is -2.31. The van der Waals surface area contributed by atoms with Crippen LogP contribution in [0.3, 0.4) is 0 Å². The van der Waals surface area contributed by atoms with Crippen LogP contribution in [0, 0.1) is 0 Å². The van der Waals surface area contributed by atoms with Crippen molar-refractivity contribution in [1.29, 1.82) is 0 Å². The number of rotatable bonds is 5. The Morgan fingerprint density at radius 3 is 2.90 bits per heavy atom. The second-order valence-corrected chi connectivity index (χ2v) is 5.08. The van der Waals surface area contributed by atoms with E-state index in [1.165, 1.54) is 0 Å². The molecule has 0 saturated carbocycles. The Balaban J connectivity index is 1.99. The van der Waals surface area contributed by atoms with Crippen molar-refractivity contribution in [2.24, 2.45) is 12.9 Å². The SMILES string of the molecule is CCn1ccnc1CC(NN)c1nn(C)c2ccccc12. The first kappa shape index (κ1) is 13.8. The fraction of sp³-hybridized carbons (Fsp3) is 0.333. The first-order valence-corrected chi connectivity index (χ1v) is 7.12. The molecule has 2 aromatic heterocycles. The van der Waals surface area contributed by atoms with Gasteiger partial charge in [-0.3, -0.25) is 16.0 Å². The van der Waals surface area contributed by atoms with Crippen molar-refractivity contribution in [3.05, 3.63) is 48.2 Å². The molecule has 3 N–H and O–H groups in total. The predicted molar refractivity (Wildman–Crippen MR) is 82.4 cm³/mol. The van der Waals surface area contributed by atoms with Gasteiger partial charge in [0.1, 0.15) is 5.82 Å². The van der Waals surface area contributed by atoms with Gasteiger partial charge in [0.15, 0.2) is 0 Å². The molecule has 0 aliphatic rings. The highest BCUT2D eigenvalue weighted by atomic mass is 15.3. The van der Waals surface area contributed by atoms with Crippen LogP contribution < -0.4 is 11.3 Å². The lowest BCUT2D eigenvalue weighted by Gasteiger charge is -2.14. The van der Waals surface area contributed by atoms with E-state index in [2.05, 4.69) is 39.1 Å². The zero-order valence-corrected chi connectivity index (χ0v) is 12.3. The number of aryl methyl sites for hydroxylation is 2. The van der Waals surface area contributed by atoms with E-state index in [0.29, 0.717) is 6.42 Å². The number of hydrogen-bond donors (Lipinski definition) is 2. The fourth-order valence-corrected chi connectivity index (χ4v) is 2.73. The molecule has 2 heterocycles. The monoisotopic (exact) mass is 284 g/mol. The van der Waals surface area contributed by atoms with Gasteiger partial charge < -0.3 is 4.57 Å². The minimum atomic E-state index is -0.0659. The molecule has 3 rings (SSSR count). The molecule has 0 saturated heterocycles. The maximum atomic E-state index is 5.78. The highest BCUT2D eigenvalue weighted by Gasteiger charge is 2.20. The number of nitrogens with zero attached hydrogens (tertiary/aromatic N) is 4. The second-order valence-electron chi connectivity index (χ2n) is 5.08. The number of nitrogens with one attached hydrogen (secondary N) is 1. The minimum Gasteiger partial charge on any atom is -0.335 e. The van der Waals surface area contributed by atoms with E-state index in [1.54, 1.807) is 0 Å². The van der Waals surface area contributed by atoms with E-state index in [0.717, 1.165) is 29.0 Å². The van der Waals surface area contributed by atoms with Crippen LogP contribution >= 0.6 is 0 Å². The third kappa shape index (κ3) is 2.43. The van der Waals surface area contributed by atoms with Gasteiger partial charge >= 0.3 is 0 Å². The predicted octanol–water partition coefficient (Wildman–Crippen LogP) is 1.54. The molecule has 0 aliphatic carbocycles. The molecule has 0 amide bonds. The molecule has 110 valence electrons. The second kappa shape index (κ2) is 5.67. The van der Waals surface area contributed by atoms with E-state index < -0.39 is 0 Å². The third-order valence-corrected chi connectivity index (χ3v) is 3.85. The zero-order valence-electron chi connectivity index (χ0n) is 12.3. The summed E-state index contributed by atoms with van der Waals surface area (Å²) in [5.41, 5.74) is 4.95. The lowest BCUT2D eigenvalue weighted by molar-refractivity contribution is 0.508. The molecule has 6 nitrogen and oxygen atoms in total. The smallest absolute Gasteiger partial charge is 0.110 e. The van der Waals surface area contributed by atoms with Gasteiger partial charge in [0.05, 0.1) is 17.3 Å². The number of hydrogen-bond acceptors (Lipinski definition) is 4. The number of nitrogens with two attached hydrogens (primary N) is 1. The summed E-state index contributed by atoms with van der Waals surface area (Å²) in [5.74, 6) is 6.79. The van der Waals surface area contributed by atoms with Gasteiger partial charge in [-0.15, -0.1) is 0 Å². The van der Waals surface area contributed by atoms with Crippen LogP contribution in [0.1, 0.15) is 24.5 Å². The Bertz CT molecular complexity index is 742. The van der Waals surface area contributed by atoms with E-state index in [9.17, 15) is 0 Å². The first-order valence-electron chi connectivity index (χ1n) is 7.12. The number of aromatic nitrogens is 4. The number of hydrazine groups is 1. The summed E-state index contributed by atoms with van der Waals surface area (Å²) in [7, 11) is 1.95. The van der Waals surface area contributed by atoms with E-state index in [-0.39, 0.29) is 6.04 Å². The molecule has 0 bridgehead atoms. The van der Waals surface area contributed by atoms with Gasteiger partial charge in [-0.05, 0) is 13.0 Å². The van der Waals surface area contributed by atoms with E-state index in [4.69, 9.17) is 5.84 Å². The van der Waals surface area contributed by atoms with E-state index >= 15 is 0 Å². The lowest BCUT2D eigenvalue weighted by atomic mass is 10.1. The highest BCUT2D eigenvalue weighted by Crippen LogP contribution is 2.25. The number of fused-ring (bicyclic) bond motifs is 1. The van der Waals surface area contributed by atoms with Crippen LogP contribution in [0.2, 0.25) is 0 Å². The Labute approximate surface area is 123 Å². The third-order valence-electron chi connectivity index (χ3n) is 3.85.